The molecule has 3 aromatic carbocycles. The predicted octanol–water partition coefficient (Wildman–Crippen LogP) is 5.74. The number of aryl methyl sites for hydroxylation is 2. The minimum atomic E-state index is -1.28. The molecule has 0 fully saturated rings. The molecular weight excluding hydrogens is 520 g/mol. The van der Waals surface area contributed by atoms with Crippen molar-refractivity contribution in [2.24, 2.45) is 0 Å². The van der Waals surface area contributed by atoms with E-state index in [2.05, 4.69) is 6.92 Å². The Balaban J connectivity index is 1.71. The zero-order chi connectivity index (χ0) is 28.1. The summed E-state index contributed by atoms with van der Waals surface area (Å²) in [6.07, 6.45) is 1.09. The smallest absolute Gasteiger partial charge is 0.349 e. The third kappa shape index (κ3) is 5.96. The number of halogens is 1. The number of methoxy groups -OCH3 is 1. The lowest BCUT2D eigenvalue weighted by Crippen LogP contribution is -2.28. The second-order valence-corrected chi connectivity index (χ2v) is 9.57. The van der Waals surface area contributed by atoms with Gasteiger partial charge < -0.3 is 14.6 Å². The molecule has 202 valence electrons. The molecule has 1 aromatic heterocycles. The molecule has 1 unspecified atom stereocenters. The highest BCUT2D eigenvalue weighted by Gasteiger charge is 2.24. The first-order chi connectivity index (χ1) is 18.7. The van der Waals surface area contributed by atoms with Gasteiger partial charge in [-0.25, -0.2) is 14.6 Å². The number of benzene rings is 3. The van der Waals surface area contributed by atoms with Gasteiger partial charge in [0.25, 0.3) is 5.56 Å². The topological polar surface area (TPSA) is 108 Å². The molecule has 1 heterocycles. The number of aliphatic carboxylic acids is 1. The fourth-order valence-corrected chi connectivity index (χ4v) is 4.67. The molecule has 1 atom stereocenters. The van der Waals surface area contributed by atoms with E-state index < -0.39 is 18.0 Å². The molecule has 0 aliphatic rings. The first-order valence-corrected chi connectivity index (χ1v) is 13.0. The maximum Gasteiger partial charge on any atom is 0.349 e. The van der Waals surface area contributed by atoms with Crippen molar-refractivity contribution in [3.63, 3.8) is 0 Å². The summed E-state index contributed by atoms with van der Waals surface area (Å²) in [5.41, 5.74) is 2.11. The third-order valence-corrected chi connectivity index (χ3v) is 6.83. The summed E-state index contributed by atoms with van der Waals surface area (Å²) in [4.78, 5) is 43.0. The van der Waals surface area contributed by atoms with Gasteiger partial charge in [0.05, 0.1) is 30.1 Å². The number of ether oxygens (including phenoxy) is 2. The maximum absolute atomic E-state index is 13.8. The van der Waals surface area contributed by atoms with E-state index in [-0.39, 0.29) is 23.1 Å². The molecule has 4 rings (SSSR count). The number of hydrogen-bond acceptors (Lipinski definition) is 6. The SMILES string of the molecule is CCCCc1nc2ccc(C)c(C(=O)OC)c2c(=O)n1Cc1ccc(OC(C(=O)O)c2ccccc2Cl)cc1. The molecule has 8 nitrogen and oxygen atoms in total. The van der Waals surface area contributed by atoms with Gasteiger partial charge in [-0.1, -0.05) is 61.3 Å². The van der Waals surface area contributed by atoms with Crippen LogP contribution in [0.5, 0.6) is 5.75 Å². The van der Waals surface area contributed by atoms with E-state index in [1.165, 1.54) is 7.11 Å². The summed E-state index contributed by atoms with van der Waals surface area (Å²) in [7, 11) is 1.28. The van der Waals surface area contributed by atoms with Crippen molar-refractivity contribution in [2.75, 3.05) is 7.11 Å². The van der Waals surface area contributed by atoms with Crippen molar-refractivity contribution < 1.29 is 24.2 Å². The Morgan fingerprint density at radius 2 is 1.79 bits per heavy atom. The van der Waals surface area contributed by atoms with Gasteiger partial charge in [0.2, 0.25) is 6.10 Å². The molecular formula is C30H29ClN2O6. The van der Waals surface area contributed by atoms with Crippen LogP contribution in [0.25, 0.3) is 10.9 Å². The van der Waals surface area contributed by atoms with Gasteiger partial charge >= 0.3 is 11.9 Å². The van der Waals surface area contributed by atoms with Crippen LogP contribution in [0.1, 0.15) is 58.7 Å². The van der Waals surface area contributed by atoms with Crippen molar-refractivity contribution in [3.05, 3.63) is 104 Å². The number of aromatic nitrogens is 2. The normalized spacial score (nSPS) is 11.8. The molecule has 0 bridgehead atoms. The minimum absolute atomic E-state index is 0.211. The van der Waals surface area contributed by atoms with Crippen LogP contribution in [0, 0.1) is 6.92 Å². The zero-order valence-corrected chi connectivity index (χ0v) is 22.7. The monoisotopic (exact) mass is 548 g/mol. The van der Waals surface area contributed by atoms with Crippen LogP contribution < -0.4 is 10.3 Å². The predicted molar refractivity (Wildman–Crippen MR) is 149 cm³/mol. The molecule has 1 N–H and O–H groups in total. The molecule has 39 heavy (non-hydrogen) atoms. The summed E-state index contributed by atoms with van der Waals surface area (Å²) < 4.78 is 12.3. The number of rotatable bonds is 10. The van der Waals surface area contributed by atoms with Gasteiger partial charge in [0.1, 0.15) is 11.6 Å². The van der Waals surface area contributed by atoms with Gasteiger partial charge in [0, 0.05) is 17.0 Å². The van der Waals surface area contributed by atoms with Crippen LogP contribution in [0.3, 0.4) is 0 Å². The lowest BCUT2D eigenvalue weighted by atomic mass is 10.0. The Kier molecular flexibility index (Phi) is 8.66. The largest absolute Gasteiger partial charge is 0.478 e. The molecule has 0 aliphatic carbocycles. The van der Waals surface area contributed by atoms with Gasteiger partial charge in [-0.05, 0) is 48.7 Å². The van der Waals surface area contributed by atoms with Gasteiger partial charge in [-0.2, -0.15) is 0 Å². The summed E-state index contributed by atoms with van der Waals surface area (Å²) in [6, 6.07) is 17.0. The second kappa shape index (κ2) is 12.1. The standard InChI is InChI=1S/C30H29ClN2O6/c1-4-5-10-24-32-23-16-11-18(2)25(30(37)38-3)26(23)28(34)33(24)17-19-12-14-20(15-13-19)39-27(29(35)36)21-8-6-7-9-22(21)31/h6-9,11-16,27H,4-5,10,17H2,1-3H3,(H,35,36). The lowest BCUT2D eigenvalue weighted by molar-refractivity contribution is -0.145. The number of carboxylic acid groups (broad SMARTS) is 1. The van der Waals surface area contributed by atoms with Gasteiger partial charge in [0.15, 0.2) is 0 Å². The van der Waals surface area contributed by atoms with Crippen LogP contribution >= 0.6 is 11.6 Å². The molecule has 0 radical (unpaired) electrons. The zero-order valence-electron chi connectivity index (χ0n) is 21.9. The Morgan fingerprint density at radius 1 is 1.08 bits per heavy atom. The summed E-state index contributed by atoms with van der Waals surface area (Å²) in [5.74, 6) is -0.792. The first kappa shape index (κ1) is 27.9. The molecule has 4 aromatic rings. The number of unbranched alkanes of at least 4 members (excludes halogenated alkanes) is 1. The number of carbonyl (C=O) groups excluding carboxylic acids is 1. The van der Waals surface area contributed by atoms with Crippen molar-refractivity contribution >= 4 is 34.4 Å². The van der Waals surface area contributed by atoms with Gasteiger partial charge in [-0.15, -0.1) is 0 Å². The highest BCUT2D eigenvalue weighted by Crippen LogP contribution is 2.28. The Morgan fingerprint density at radius 3 is 2.44 bits per heavy atom. The van der Waals surface area contributed by atoms with Crippen molar-refractivity contribution in [1.82, 2.24) is 9.55 Å². The Labute approximate surface area is 230 Å². The van der Waals surface area contributed by atoms with E-state index in [1.807, 2.05) is 0 Å². The highest BCUT2D eigenvalue weighted by molar-refractivity contribution is 6.31. The maximum atomic E-state index is 13.8. The van der Waals surface area contributed by atoms with E-state index in [0.29, 0.717) is 39.7 Å². The molecule has 0 saturated heterocycles. The van der Waals surface area contributed by atoms with E-state index >= 15 is 0 Å². The number of carboxylic acids is 1. The van der Waals surface area contributed by atoms with Crippen molar-refractivity contribution in [2.45, 2.75) is 45.8 Å². The Hall–Kier alpha value is -4.17. The number of fused-ring (bicyclic) bond motifs is 1. The van der Waals surface area contributed by atoms with Crippen LogP contribution in [0.15, 0.2) is 65.5 Å². The van der Waals surface area contributed by atoms with Crippen LogP contribution in [-0.2, 0) is 22.5 Å². The molecule has 0 spiro atoms. The average molecular weight is 549 g/mol. The number of esters is 1. The minimum Gasteiger partial charge on any atom is -0.478 e. The number of hydrogen-bond donors (Lipinski definition) is 1. The molecule has 9 heteroatoms. The van der Waals surface area contributed by atoms with Crippen LogP contribution in [-0.4, -0.2) is 33.7 Å². The fourth-order valence-electron chi connectivity index (χ4n) is 4.44. The van der Waals surface area contributed by atoms with Crippen molar-refractivity contribution in [3.8, 4) is 5.75 Å². The third-order valence-electron chi connectivity index (χ3n) is 6.49. The van der Waals surface area contributed by atoms with Gasteiger partial charge in [-0.3, -0.25) is 9.36 Å². The molecule has 0 amide bonds. The van der Waals surface area contributed by atoms with E-state index in [1.54, 1.807) is 72.2 Å². The second-order valence-electron chi connectivity index (χ2n) is 9.17. The molecule has 0 saturated carbocycles. The highest BCUT2D eigenvalue weighted by atomic mass is 35.5. The number of carbonyl (C=O) groups is 2. The van der Waals surface area contributed by atoms with Crippen LogP contribution in [0.2, 0.25) is 5.02 Å². The van der Waals surface area contributed by atoms with E-state index in [9.17, 15) is 19.5 Å². The van der Waals surface area contributed by atoms with Crippen LogP contribution in [0.4, 0.5) is 0 Å². The summed E-state index contributed by atoms with van der Waals surface area (Å²) in [6.45, 7) is 4.03. The van der Waals surface area contributed by atoms with E-state index in [0.717, 1.165) is 18.4 Å². The quantitative estimate of drug-likeness (QED) is 0.252. The Bertz CT molecular complexity index is 1580. The van der Waals surface area contributed by atoms with E-state index in [4.69, 9.17) is 26.1 Å². The fraction of sp³-hybridized carbons (Fsp3) is 0.267. The lowest BCUT2D eigenvalue weighted by Gasteiger charge is -2.18. The summed E-state index contributed by atoms with van der Waals surface area (Å²) >= 11 is 6.19. The number of nitrogens with zero attached hydrogens (tertiary/aromatic N) is 2. The average Bonchev–Trinajstić information content (AvgIpc) is 2.93. The molecule has 0 aliphatic heterocycles. The first-order valence-electron chi connectivity index (χ1n) is 12.6. The summed E-state index contributed by atoms with van der Waals surface area (Å²) in [5, 5.41) is 10.2. The van der Waals surface area contributed by atoms with Crippen molar-refractivity contribution in [1.29, 1.82) is 0 Å².